The second kappa shape index (κ2) is 2.92. The van der Waals surface area contributed by atoms with E-state index in [0.717, 1.165) is 5.56 Å². The number of nitrogens with zero attached hydrogens (tertiary/aromatic N) is 2. The van der Waals surface area contributed by atoms with Crippen LogP contribution < -0.4 is 10.7 Å². The van der Waals surface area contributed by atoms with Crippen LogP contribution in [0.25, 0.3) is 0 Å². The topological polar surface area (TPSA) is 41.8 Å². The molecule has 0 aromatic heterocycles. The van der Waals surface area contributed by atoms with Crippen molar-refractivity contribution in [3.8, 4) is 0 Å². The van der Waals surface area contributed by atoms with E-state index in [2.05, 4.69) is 9.98 Å². The molecule has 2 rings (SSSR count). The summed E-state index contributed by atoms with van der Waals surface area (Å²) < 4.78 is 0. The van der Waals surface area contributed by atoms with Gasteiger partial charge in [-0.2, -0.15) is 9.98 Å². The van der Waals surface area contributed by atoms with Gasteiger partial charge in [0.2, 0.25) is 0 Å². The SMILES string of the molecule is CC(Cl)c1cccc2c1=NC(=O)N=2. The number of fused-ring (bicyclic) bond motifs is 1. The summed E-state index contributed by atoms with van der Waals surface area (Å²) in [4.78, 5) is 18.4. The average molecular weight is 195 g/mol. The van der Waals surface area contributed by atoms with Crippen molar-refractivity contribution in [2.75, 3.05) is 0 Å². The largest absolute Gasteiger partial charge is 0.368 e. The van der Waals surface area contributed by atoms with Gasteiger partial charge in [0.1, 0.15) is 0 Å². The van der Waals surface area contributed by atoms with Gasteiger partial charge < -0.3 is 0 Å². The van der Waals surface area contributed by atoms with Crippen LogP contribution in [0.4, 0.5) is 4.79 Å². The fraction of sp³-hybridized carbons (Fsp3) is 0.222. The molecular formula is C9H7ClN2O. The van der Waals surface area contributed by atoms with Crippen molar-refractivity contribution >= 4 is 17.6 Å². The highest BCUT2D eigenvalue weighted by molar-refractivity contribution is 6.20. The molecule has 1 aliphatic heterocycles. The maximum absolute atomic E-state index is 10.9. The fourth-order valence-electron chi connectivity index (χ4n) is 1.31. The van der Waals surface area contributed by atoms with Gasteiger partial charge in [-0.05, 0) is 18.6 Å². The van der Waals surface area contributed by atoms with Gasteiger partial charge >= 0.3 is 6.03 Å². The van der Waals surface area contributed by atoms with Gasteiger partial charge in [0, 0.05) is 0 Å². The zero-order chi connectivity index (χ0) is 9.42. The Kier molecular flexibility index (Phi) is 1.88. The van der Waals surface area contributed by atoms with E-state index in [1.165, 1.54) is 0 Å². The van der Waals surface area contributed by atoms with Gasteiger partial charge in [-0.3, -0.25) is 0 Å². The van der Waals surface area contributed by atoms with Crippen LogP contribution >= 0.6 is 11.6 Å². The lowest BCUT2D eigenvalue weighted by atomic mass is 10.1. The molecule has 0 aliphatic carbocycles. The summed E-state index contributed by atoms with van der Waals surface area (Å²) in [5.74, 6) is 0. The van der Waals surface area contributed by atoms with Crippen LogP contribution in [0.5, 0.6) is 0 Å². The molecular weight excluding hydrogens is 188 g/mol. The molecule has 1 atom stereocenters. The second-order valence-corrected chi connectivity index (χ2v) is 3.49. The molecule has 1 aliphatic rings. The Morgan fingerprint density at radius 2 is 2.15 bits per heavy atom. The van der Waals surface area contributed by atoms with Crippen LogP contribution in [0.3, 0.4) is 0 Å². The maximum atomic E-state index is 10.9. The summed E-state index contributed by atoms with van der Waals surface area (Å²) in [6.45, 7) is 1.84. The van der Waals surface area contributed by atoms with Crippen molar-refractivity contribution in [3.63, 3.8) is 0 Å². The monoisotopic (exact) mass is 194 g/mol. The Hall–Kier alpha value is -1.22. The lowest BCUT2D eigenvalue weighted by Gasteiger charge is -2.00. The minimum Gasteiger partial charge on any atom is -0.244 e. The molecule has 13 heavy (non-hydrogen) atoms. The Labute approximate surface area is 79.8 Å². The Morgan fingerprint density at radius 1 is 1.38 bits per heavy atom. The Balaban J connectivity index is 2.80. The van der Waals surface area contributed by atoms with Crippen LogP contribution in [0.15, 0.2) is 28.2 Å². The molecule has 66 valence electrons. The minimum absolute atomic E-state index is 0.153. The predicted molar refractivity (Wildman–Crippen MR) is 48.4 cm³/mol. The van der Waals surface area contributed by atoms with Crippen molar-refractivity contribution in [2.24, 2.45) is 9.98 Å². The second-order valence-electron chi connectivity index (χ2n) is 2.84. The molecule has 2 amide bonds. The quantitative estimate of drug-likeness (QED) is 0.623. The van der Waals surface area contributed by atoms with Gasteiger partial charge in [0.05, 0.1) is 16.1 Å². The highest BCUT2D eigenvalue weighted by atomic mass is 35.5. The Bertz CT molecular complexity index is 479. The molecule has 0 N–H and O–H groups in total. The first kappa shape index (κ1) is 8.38. The van der Waals surface area contributed by atoms with Crippen LogP contribution in [-0.2, 0) is 0 Å². The van der Waals surface area contributed by atoms with E-state index < -0.39 is 6.03 Å². The van der Waals surface area contributed by atoms with E-state index in [1.54, 1.807) is 6.07 Å². The lowest BCUT2D eigenvalue weighted by Crippen LogP contribution is -2.25. The number of halogens is 1. The van der Waals surface area contributed by atoms with E-state index >= 15 is 0 Å². The maximum Gasteiger partial charge on any atom is 0.368 e. The summed E-state index contributed by atoms with van der Waals surface area (Å²) in [6, 6.07) is 4.99. The lowest BCUT2D eigenvalue weighted by molar-refractivity contribution is 0.256. The summed E-state index contributed by atoms with van der Waals surface area (Å²) in [5, 5.41) is 1.09. The van der Waals surface area contributed by atoms with E-state index in [4.69, 9.17) is 11.6 Å². The summed E-state index contributed by atoms with van der Waals surface area (Å²) in [5.41, 5.74) is 0.855. The van der Waals surface area contributed by atoms with Gasteiger partial charge in [-0.15, -0.1) is 11.6 Å². The third-order valence-electron chi connectivity index (χ3n) is 1.90. The molecule has 1 aromatic carbocycles. The highest BCUT2D eigenvalue weighted by Gasteiger charge is 2.11. The van der Waals surface area contributed by atoms with Crippen LogP contribution in [-0.4, -0.2) is 6.03 Å². The number of benzene rings is 1. The van der Waals surface area contributed by atoms with Crippen molar-refractivity contribution in [1.29, 1.82) is 0 Å². The molecule has 1 heterocycles. The van der Waals surface area contributed by atoms with Gasteiger partial charge in [0.15, 0.2) is 0 Å². The molecule has 0 fully saturated rings. The third-order valence-corrected chi connectivity index (χ3v) is 2.13. The first-order valence-electron chi connectivity index (χ1n) is 3.93. The molecule has 1 unspecified atom stereocenters. The number of amides is 2. The van der Waals surface area contributed by atoms with Gasteiger partial charge in [-0.25, -0.2) is 4.79 Å². The number of para-hydroxylation sites is 1. The fourth-order valence-corrected chi connectivity index (χ4v) is 1.48. The zero-order valence-electron chi connectivity index (χ0n) is 6.99. The molecule has 0 saturated heterocycles. The Morgan fingerprint density at radius 3 is 2.85 bits per heavy atom. The zero-order valence-corrected chi connectivity index (χ0v) is 7.75. The normalized spacial score (nSPS) is 16.0. The standard InChI is InChI=1S/C9H7ClN2O/c1-5(10)6-3-2-4-7-8(6)12-9(13)11-7/h2-5H,1H3. The smallest absolute Gasteiger partial charge is 0.244 e. The molecule has 0 bridgehead atoms. The van der Waals surface area contributed by atoms with Crippen molar-refractivity contribution in [3.05, 3.63) is 34.5 Å². The number of carbonyl (C=O) groups excluding carboxylic acids is 1. The summed E-state index contributed by atoms with van der Waals surface area (Å²) in [6.07, 6.45) is 0. The minimum atomic E-state index is -0.445. The van der Waals surface area contributed by atoms with Gasteiger partial charge in [0.25, 0.3) is 0 Å². The number of hydrogen-bond acceptors (Lipinski definition) is 1. The van der Waals surface area contributed by atoms with E-state index in [1.807, 2.05) is 19.1 Å². The molecule has 0 saturated carbocycles. The van der Waals surface area contributed by atoms with Crippen LogP contribution in [0.2, 0.25) is 0 Å². The molecule has 3 nitrogen and oxygen atoms in total. The van der Waals surface area contributed by atoms with Crippen LogP contribution in [0, 0.1) is 0 Å². The first-order valence-corrected chi connectivity index (χ1v) is 4.36. The number of alkyl halides is 1. The van der Waals surface area contributed by atoms with E-state index in [9.17, 15) is 4.79 Å². The first-order chi connectivity index (χ1) is 6.18. The summed E-state index contributed by atoms with van der Waals surface area (Å²) in [7, 11) is 0. The third kappa shape index (κ3) is 1.35. The van der Waals surface area contributed by atoms with Crippen LogP contribution in [0.1, 0.15) is 17.9 Å². The van der Waals surface area contributed by atoms with Crippen molar-refractivity contribution in [1.82, 2.24) is 0 Å². The molecule has 0 radical (unpaired) electrons. The van der Waals surface area contributed by atoms with E-state index in [0.29, 0.717) is 10.7 Å². The van der Waals surface area contributed by atoms with E-state index in [-0.39, 0.29) is 5.38 Å². The number of carbonyl (C=O) groups is 1. The average Bonchev–Trinajstić information content (AvgIpc) is 2.43. The number of urea groups is 1. The van der Waals surface area contributed by atoms with Crippen molar-refractivity contribution < 1.29 is 4.79 Å². The highest BCUT2D eigenvalue weighted by Crippen LogP contribution is 2.14. The van der Waals surface area contributed by atoms with Gasteiger partial charge in [-0.1, -0.05) is 12.1 Å². The van der Waals surface area contributed by atoms with Crippen molar-refractivity contribution in [2.45, 2.75) is 12.3 Å². The number of rotatable bonds is 1. The summed E-state index contributed by atoms with van der Waals surface area (Å²) >= 11 is 5.92. The number of hydrogen-bond donors (Lipinski definition) is 0. The predicted octanol–water partition coefficient (Wildman–Crippen LogP) is 1.36. The molecule has 0 spiro atoms. The molecule has 4 heteroatoms. The molecule has 1 aromatic rings.